The van der Waals surface area contributed by atoms with Crippen molar-refractivity contribution in [3.63, 3.8) is 0 Å². The van der Waals surface area contributed by atoms with Gasteiger partial charge in [0.2, 0.25) is 0 Å². The molecule has 0 radical (unpaired) electrons. The Kier molecular flexibility index (Phi) is 7.76. The molecule has 1 heterocycles. The topological polar surface area (TPSA) is 71.0 Å². The van der Waals surface area contributed by atoms with E-state index in [1.807, 2.05) is 45.0 Å². The van der Waals surface area contributed by atoms with Gasteiger partial charge in [0.1, 0.15) is 5.75 Å². The number of amides is 2. The number of rotatable bonds is 7. The number of aliphatic imine (C=N–C) groups is 1. The Morgan fingerprint density at radius 3 is 2.61 bits per heavy atom. The van der Waals surface area contributed by atoms with Crippen molar-refractivity contribution in [3.8, 4) is 5.75 Å². The average Bonchev–Trinajstić information content (AvgIpc) is 3.03. The van der Waals surface area contributed by atoms with E-state index >= 15 is 0 Å². The van der Waals surface area contributed by atoms with Gasteiger partial charge in [-0.25, -0.2) is 0 Å². The summed E-state index contributed by atoms with van der Waals surface area (Å²) in [6.45, 7) is 6.87. The summed E-state index contributed by atoms with van der Waals surface area (Å²) in [7, 11) is 0. The molecule has 8 heteroatoms. The Bertz CT molecular complexity index is 1030. The van der Waals surface area contributed by atoms with E-state index in [4.69, 9.17) is 16.3 Å². The van der Waals surface area contributed by atoms with Crippen LogP contribution in [-0.2, 0) is 9.59 Å². The van der Waals surface area contributed by atoms with Crippen LogP contribution in [0.2, 0.25) is 5.02 Å². The van der Waals surface area contributed by atoms with E-state index in [1.54, 1.807) is 29.2 Å². The molecule has 0 aliphatic carbocycles. The zero-order valence-corrected chi connectivity index (χ0v) is 19.2. The second-order valence-electron chi connectivity index (χ2n) is 6.81. The van der Waals surface area contributed by atoms with Crippen molar-refractivity contribution in [2.24, 2.45) is 4.99 Å². The number of thioether (sulfide) groups is 1. The fourth-order valence-corrected chi connectivity index (χ4v) is 4.24. The predicted molar refractivity (Wildman–Crippen MR) is 128 cm³/mol. The molecule has 0 saturated carbocycles. The lowest BCUT2D eigenvalue weighted by molar-refractivity contribution is -0.122. The van der Waals surface area contributed by atoms with Gasteiger partial charge >= 0.3 is 0 Å². The number of carbonyl (C=O) groups is 2. The molecule has 1 aliphatic rings. The van der Waals surface area contributed by atoms with Crippen LogP contribution in [0.25, 0.3) is 6.08 Å². The molecule has 3 rings (SSSR count). The Morgan fingerprint density at radius 1 is 1.23 bits per heavy atom. The number of nitrogens with zero attached hydrogens (tertiary/aromatic N) is 2. The van der Waals surface area contributed by atoms with E-state index < -0.39 is 0 Å². The third kappa shape index (κ3) is 5.89. The number of amidine groups is 1. The molecule has 1 fully saturated rings. The maximum atomic E-state index is 12.6. The Balaban J connectivity index is 1.64. The number of likely N-dealkylation sites (N-methyl/N-ethyl adjacent to an activating group) is 1. The van der Waals surface area contributed by atoms with Crippen molar-refractivity contribution in [3.05, 3.63) is 63.5 Å². The molecule has 1 N–H and O–H groups in total. The first-order chi connectivity index (χ1) is 14.9. The fraction of sp³-hybridized carbons (Fsp3) is 0.261. The highest BCUT2D eigenvalue weighted by Gasteiger charge is 2.31. The van der Waals surface area contributed by atoms with Gasteiger partial charge in [0.15, 0.2) is 11.8 Å². The molecule has 162 valence electrons. The molecule has 0 atom stereocenters. The van der Waals surface area contributed by atoms with E-state index in [0.717, 1.165) is 11.1 Å². The number of aryl methyl sites for hydroxylation is 1. The average molecular weight is 458 g/mol. The number of hydrogen-bond acceptors (Lipinski definition) is 5. The summed E-state index contributed by atoms with van der Waals surface area (Å²) in [5.41, 5.74) is 2.59. The van der Waals surface area contributed by atoms with Gasteiger partial charge in [-0.3, -0.25) is 19.5 Å². The van der Waals surface area contributed by atoms with Crippen LogP contribution in [0.1, 0.15) is 25.0 Å². The van der Waals surface area contributed by atoms with E-state index in [1.165, 1.54) is 11.8 Å². The standard InChI is InChI=1S/C23H24ClN3O3S/c1-4-25-23-27(5-2)22(29)20(31-23)13-16-8-11-19(18(24)12-16)30-14-21(28)26-17-9-6-15(3)7-10-17/h6-13H,4-5,14H2,1-3H3,(H,26,28)/b20-13+,25-23?. The Labute approximate surface area is 191 Å². The lowest BCUT2D eigenvalue weighted by Crippen LogP contribution is -2.28. The summed E-state index contributed by atoms with van der Waals surface area (Å²) >= 11 is 7.69. The van der Waals surface area contributed by atoms with Crippen LogP contribution < -0.4 is 10.1 Å². The highest BCUT2D eigenvalue weighted by atomic mass is 35.5. The first-order valence-electron chi connectivity index (χ1n) is 9.96. The summed E-state index contributed by atoms with van der Waals surface area (Å²) in [5.74, 6) is 0.0575. The zero-order chi connectivity index (χ0) is 22.4. The van der Waals surface area contributed by atoms with Crippen LogP contribution in [0.15, 0.2) is 52.4 Å². The summed E-state index contributed by atoms with van der Waals surface area (Å²) in [6, 6.07) is 12.7. The van der Waals surface area contributed by atoms with Gasteiger partial charge in [0, 0.05) is 18.8 Å². The van der Waals surface area contributed by atoms with E-state index in [-0.39, 0.29) is 18.4 Å². The SMILES string of the molecule is CCN=C1S/C(=C/c2ccc(OCC(=O)Nc3ccc(C)cc3)c(Cl)c2)C(=O)N1CC. The van der Waals surface area contributed by atoms with Gasteiger partial charge in [-0.1, -0.05) is 35.4 Å². The van der Waals surface area contributed by atoms with Gasteiger partial charge in [-0.2, -0.15) is 0 Å². The fourth-order valence-electron chi connectivity index (χ4n) is 2.89. The quantitative estimate of drug-likeness (QED) is 0.595. The summed E-state index contributed by atoms with van der Waals surface area (Å²) in [6.07, 6.45) is 1.79. The highest BCUT2D eigenvalue weighted by Crippen LogP contribution is 2.33. The van der Waals surface area contributed by atoms with Crippen LogP contribution >= 0.6 is 23.4 Å². The molecule has 6 nitrogen and oxygen atoms in total. The van der Waals surface area contributed by atoms with Gasteiger partial charge in [0.25, 0.3) is 11.8 Å². The van der Waals surface area contributed by atoms with Gasteiger partial charge in [-0.05, 0) is 68.4 Å². The largest absolute Gasteiger partial charge is 0.482 e. The first-order valence-corrected chi connectivity index (χ1v) is 11.2. The molecule has 1 aliphatic heterocycles. The molecule has 2 amide bonds. The lowest BCUT2D eigenvalue weighted by atomic mass is 10.2. The van der Waals surface area contributed by atoms with Crippen LogP contribution in [0, 0.1) is 6.92 Å². The van der Waals surface area contributed by atoms with Crippen molar-refractivity contribution >= 4 is 52.1 Å². The van der Waals surface area contributed by atoms with Gasteiger partial charge in [0.05, 0.1) is 9.93 Å². The van der Waals surface area contributed by atoms with Crippen LogP contribution in [0.4, 0.5) is 5.69 Å². The van der Waals surface area contributed by atoms with Crippen LogP contribution in [-0.4, -0.2) is 41.6 Å². The molecular weight excluding hydrogens is 434 g/mol. The van der Waals surface area contributed by atoms with E-state index in [9.17, 15) is 9.59 Å². The summed E-state index contributed by atoms with van der Waals surface area (Å²) < 4.78 is 5.56. The van der Waals surface area contributed by atoms with E-state index in [2.05, 4.69) is 10.3 Å². The molecule has 2 aromatic carbocycles. The third-order valence-corrected chi connectivity index (χ3v) is 5.79. The Hall–Kier alpha value is -2.77. The zero-order valence-electron chi connectivity index (χ0n) is 17.6. The molecule has 1 saturated heterocycles. The van der Waals surface area contributed by atoms with Crippen molar-refractivity contribution in [1.29, 1.82) is 0 Å². The number of carbonyl (C=O) groups excluding carboxylic acids is 2. The highest BCUT2D eigenvalue weighted by molar-refractivity contribution is 8.18. The van der Waals surface area contributed by atoms with Crippen molar-refractivity contribution in [2.75, 3.05) is 25.0 Å². The monoisotopic (exact) mass is 457 g/mol. The minimum Gasteiger partial charge on any atom is -0.482 e. The third-order valence-electron chi connectivity index (χ3n) is 4.45. The van der Waals surface area contributed by atoms with Crippen molar-refractivity contribution in [1.82, 2.24) is 4.90 Å². The van der Waals surface area contributed by atoms with Crippen LogP contribution in [0.3, 0.4) is 0 Å². The number of nitrogens with one attached hydrogen (secondary N) is 1. The smallest absolute Gasteiger partial charge is 0.266 e. The molecular formula is C23H24ClN3O3S. The van der Waals surface area contributed by atoms with Crippen LogP contribution in [0.5, 0.6) is 5.75 Å². The minimum absolute atomic E-state index is 0.0658. The lowest BCUT2D eigenvalue weighted by Gasteiger charge is -2.11. The first kappa shape index (κ1) is 22.9. The van der Waals surface area contributed by atoms with E-state index in [0.29, 0.717) is 39.6 Å². The summed E-state index contributed by atoms with van der Waals surface area (Å²) in [4.78, 5) is 31.3. The maximum absolute atomic E-state index is 12.6. The number of halogens is 1. The number of benzene rings is 2. The number of ether oxygens (including phenoxy) is 1. The van der Waals surface area contributed by atoms with Gasteiger partial charge < -0.3 is 10.1 Å². The molecule has 0 spiro atoms. The predicted octanol–water partition coefficient (Wildman–Crippen LogP) is 4.98. The molecule has 2 aromatic rings. The number of hydrogen-bond donors (Lipinski definition) is 1. The summed E-state index contributed by atoms with van der Waals surface area (Å²) in [5, 5.41) is 3.85. The van der Waals surface area contributed by atoms with Crippen molar-refractivity contribution < 1.29 is 14.3 Å². The second kappa shape index (κ2) is 10.5. The van der Waals surface area contributed by atoms with Gasteiger partial charge in [-0.15, -0.1) is 0 Å². The molecule has 0 aromatic heterocycles. The molecule has 0 bridgehead atoms. The maximum Gasteiger partial charge on any atom is 0.266 e. The minimum atomic E-state index is -0.276. The van der Waals surface area contributed by atoms with Crippen molar-refractivity contribution in [2.45, 2.75) is 20.8 Å². The number of anilines is 1. The Morgan fingerprint density at radius 2 is 1.97 bits per heavy atom. The normalized spacial score (nSPS) is 16.3. The molecule has 0 unspecified atom stereocenters. The second-order valence-corrected chi connectivity index (χ2v) is 8.23. The molecule has 31 heavy (non-hydrogen) atoms.